The topological polar surface area (TPSA) is 74.4 Å². The maximum absolute atomic E-state index is 12.6. The van der Waals surface area contributed by atoms with Crippen molar-refractivity contribution in [3.63, 3.8) is 0 Å². The first kappa shape index (κ1) is 19.3. The van der Waals surface area contributed by atoms with Crippen LogP contribution in [0.2, 0.25) is 5.02 Å². The number of methoxy groups -OCH3 is 1. The summed E-state index contributed by atoms with van der Waals surface area (Å²) in [5.41, 5.74) is 2.92. The van der Waals surface area contributed by atoms with Crippen molar-refractivity contribution in [2.75, 3.05) is 25.1 Å². The van der Waals surface area contributed by atoms with Crippen molar-refractivity contribution in [2.45, 2.75) is 12.8 Å². The second-order valence-corrected chi connectivity index (χ2v) is 7.58. The van der Waals surface area contributed by atoms with Crippen molar-refractivity contribution < 1.29 is 14.3 Å². The van der Waals surface area contributed by atoms with Crippen molar-refractivity contribution in [1.82, 2.24) is 10.3 Å². The largest absolute Gasteiger partial charge is 0.497 e. The summed E-state index contributed by atoms with van der Waals surface area (Å²) in [5, 5.41) is 4.68. The van der Waals surface area contributed by atoms with Crippen LogP contribution in [-0.4, -0.2) is 37.0 Å². The minimum Gasteiger partial charge on any atom is -0.497 e. The van der Waals surface area contributed by atoms with E-state index in [0.29, 0.717) is 24.5 Å². The van der Waals surface area contributed by atoms with Gasteiger partial charge in [0, 0.05) is 47.3 Å². The summed E-state index contributed by atoms with van der Waals surface area (Å²) in [6, 6.07) is 13.0. The Morgan fingerprint density at radius 1 is 1.28 bits per heavy atom. The van der Waals surface area contributed by atoms with Gasteiger partial charge in [0.15, 0.2) is 0 Å². The number of hydrogen-bond donors (Lipinski definition) is 2. The predicted octanol–water partition coefficient (Wildman–Crippen LogP) is 3.54. The minimum absolute atomic E-state index is 0.0452. The molecular formula is C22H22ClN3O3. The van der Waals surface area contributed by atoms with Gasteiger partial charge in [0.05, 0.1) is 13.0 Å². The van der Waals surface area contributed by atoms with Crippen LogP contribution < -0.4 is 15.0 Å². The molecule has 1 aromatic heterocycles. The quantitative estimate of drug-likeness (QED) is 0.651. The molecule has 1 saturated heterocycles. The maximum Gasteiger partial charge on any atom is 0.227 e. The van der Waals surface area contributed by atoms with Crippen LogP contribution in [0.25, 0.3) is 10.9 Å². The zero-order valence-corrected chi connectivity index (χ0v) is 16.8. The molecule has 29 heavy (non-hydrogen) atoms. The number of aromatic nitrogens is 1. The Morgan fingerprint density at radius 2 is 2.07 bits per heavy atom. The van der Waals surface area contributed by atoms with E-state index in [-0.39, 0.29) is 24.2 Å². The molecule has 1 fully saturated rings. The lowest BCUT2D eigenvalue weighted by Gasteiger charge is -2.16. The monoisotopic (exact) mass is 411 g/mol. The third-order valence-electron chi connectivity index (χ3n) is 5.30. The van der Waals surface area contributed by atoms with Gasteiger partial charge >= 0.3 is 0 Å². The Kier molecular flexibility index (Phi) is 5.45. The van der Waals surface area contributed by atoms with E-state index < -0.39 is 0 Å². The van der Waals surface area contributed by atoms with Crippen molar-refractivity contribution in [1.29, 1.82) is 0 Å². The molecule has 2 amide bonds. The van der Waals surface area contributed by atoms with Crippen LogP contribution in [0.15, 0.2) is 48.7 Å². The highest BCUT2D eigenvalue weighted by Gasteiger charge is 2.34. The molecule has 3 aromatic rings. The number of nitrogens with zero attached hydrogens (tertiary/aromatic N) is 1. The highest BCUT2D eigenvalue weighted by atomic mass is 35.5. The maximum atomic E-state index is 12.6. The number of carbonyl (C=O) groups is 2. The highest BCUT2D eigenvalue weighted by molar-refractivity contribution is 6.30. The number of anilines is 1. The lowest BCUT2D eigenvalue weighted by molar-refractivity contribution is -0.126. The second kappa shape index (κ2) is 8.17. The predicted molar refractivity (Wildman–Crippen MR) is 113 cm³/mol. The number of fused-ring (bicyclic) bond motifs is 1. The Balaban J connectivity index is 1.34. The zero-order chi connectivity index (χ0) is 20.4. The number of nitrogens with one attached hydrogen (secondary N) is 2. The first-order valence-corrected chi connectivity index (χ1v) is 9.90. The van der Waals surface area contributed by atoms with Gasteiger partial charge in [-0.05, 0) is 54.4 Å². The van der Waals surface area contributed by atoms with Gasteiger partial charge < -0.3 is 19.9 Å². The van der Waals surface area contributed by atoms with E-state index in [2.05, 4.69) is 10.3 Å². The fourth-order valence-electron chi connectivity index (χ4n) is 3.71. The van der Waals surface area contributed by atoms with Crippen molar-refractivity contribution in [2.24, 2.45) is 5.92 Å². The minimum atomic E-state index is -0.346. The van der Waals surface area contributed by atoms with E-state index in [9.17, 15) is 9.59 Å². The number of halogens is 1. The summed E-state index contributed by atoms with van der Waals surface area (Å²) in [4.78, 5) is 29.8. The van der Waals surface area contributed by atoms with Crippen molar-refractivity contribution >= 4 is 40.0 Å². The molecule has 6 nitrogen and oxygen atoms in total. The fourth-order valence-corrected chi connectivity index (χ4v) is 3.84. The summed E-state index contributed by atoms with van der Waals surface area (Å²) in [5.74, 6) is 0.318. The summed E-state index contributed by atoms with van der Waals surface area (Å²) < 4.78 is 5.29. The summed E-state index contributed by atoms with van der Waals surface area (Å²) in [7, 11) is 1.64. The van der Waals surface area contributed by atoms with Gasteiger partial charge in [-0.25, -0.2) is 0 Å². The molecule has 2 aromatic carbocycles. The van der Waals surface area contributed by atoms with Gasteiger partial charge in [0.2, 0.25) is 11.8 Å². The smallest absolute Gasteiger partial charge is 0.227 e. The average molecular weight is 412 g/mol. The zero-order valence-electron chi connectivity index (χ0n) is 16.1. The molecule has 0 bridgehead atoms. The lowest BCUT2D eigenvalue weighted by Crippen LogP contribution is -2.34. The molecule has 0 spiro atoms. The lowest BCUT2D eigenvalue weighted by atomic mass is 10.1. The van der Waals surface area contributed by atoms with E-state index >= 15 is 0 Å². The fraction of sp³-hybridized carbons (Fsp3) is 0.273. The Morgan fingerprint density at radius 3 is 2.83 bits per heavy atom. The summed E-state index contributed by atoms with van der Waals surface area (Å²) in [6.07, 6.45) is 2.87. The molecule has 7 heteroatoms. The first-order chi connectivity index (χ1) is 14.0. The Labute approximate surface area is 173 Å². The molecule has 1 atom stereocenters. The number of benzene rings is 2. The molecule has 0 radical (unpaired) electrons. The van der Waals surface area contributed by atoms with E-state index in [1.165, 1.54) is 0 Å². The van der Waals surface area contributed by atoms with Gasteiger partial charge in [0.1, 0.15) is 5.75 Å². The number of ether oxygens (including phenoxy) is 1. The third-order valence-corrected chi connectivity index (χ3v) is 5.55. The van der Waals surface area contributed by atoms with Crippen LogP contribution in [0.4, 0.5) is 5.69 Å². The molecule has 0 aliphatic carbocycles. The molecule has 2 heterocycles. The standard InChI is InChI=1S/C22H22ClN3O3/c1-29-18-6-7-20-19(11-18)14(12-25-20)8-9-24-22(28)15-10-21(27)26(13-15)17-4-2-16(23)3-5-17/h2-7,11-12,15,25H,8-10,13H2,1H3,(H,24,28)/t15-/m0/s1. The normalized spacial score (nSPS) is 16.4. The molecule has 1 aliphatic rings. The van der Waals surface area contributed by atoms with Gasteiger partial charge in [0.25, 0.3) is 0 Å². The van der Waals surface area contributed by atoms with Gasteiger partial charge in [-0.3, -0.25) is 9.59 Å². The number of amides is 2. The Bertz CT molecular complexity index is 1050. The van der Waals surface area contributed by atoms with E-state index in [4.69, 9.17) is 16.3 Å². The molecule has 150 valence electrons. The summed E-state index contributed by atoms with van der Waals surface area (Å²) >= 11 is 5.91. The van der Waals surface area contributed by atoms with Crippen molar-refractivity contribution in [3.05, 3.63) is 59.2 Å². The third kappa shape index (κ3) is 4.07. The van der Waals surface area contributed by atoms with Crippen LogP contribution in [-0.2, 0) is 16.0 Å². The van der Waals surface area contributed by atoms with Gasteiger partial charge in [-0.1, -0.05) is 11.6 Å². The van der Waals surface area contributed by atoms with Gasteiger partial charge in [-0.15, -0.1) is 0 Å². The van der Waals surface area contributed by atoms with Crippen LogP contribution in [0.1, 0.15) is 12.0 Å². The number of hydrogen-bond acceptors (Lipinski definition) is 3. The molecule has 0 unspecified atom stereocenters. The second-order valence-electron chi connectivity index (χ2n) is 7.15. The van der Waals surface area contributed by atoms with E-state index in [1.807, 2.05) is 24.4 Å². The number of aromatic amines is 1. The summed E-state index contributed by atoms with van der Waals surface area (Å²) in [6.45, 7) is 0.894. The molecule has 2 N–H and O–H groups in total. The van der Waals surface area contributed by atoms with Crippen LogP contribution in [0, 0.1) is 5.92 Å². The number of rotatable bonds is 6. The van der Waals surface area contributed by atoms with Crippen LogP contribution in [0.3, 0.4) is 0 Å². The average Bonchev–Trinajstić information content (AvgIpc) is 3.32. The van der Waals surface area contributed by atoms with Crippen LogP contribution >= 0.6 is 11.6 Å². The van der Waals surface area contributed by atoms with E-state index in [1.54, 1.807) is 36.3 Å². The Hall–Kier alpha value is -2.99. The molecule has 4 rings (SSSR count). The van der Waals surface area contributed by atoms with E-state index in [0.717, 1.165) is 27.9 Å². The number of carbonyl (C=O) groups excluding carboxylic acids is 2. The van der Waals surface area contributed by atoms with Gasteiger partial charge in [-0.2, -0.15) is 0 Å². The number of H-pyrrole nitrogens is 1. The molecule has 1 aliphatic heterocycles. The SMILES string of the molecule is COc1ccc2[nH]cc(CCNC(=O)[C@H]3CC(=O)N(c4ccc(Cl)cc4)C3)c2c1. The molecular weight excluding hydrogens is 390 g/mol. The van der Waals surface area contributed by atoms with Crippen LogP contribution in [0.5, 0.6) is 5.75 Å². The first-order valence-electron chi connectivity index (χ1n) is 9.53. The highest BCUT2D eigenvalue weighted by Crippen LogP contribution is 2.27. The van der Waals surface area contributed by atoms with Crippen molar-refractivity contribution in [3.8, 4) is 5.75 Å². The molecule has 0 saturated carbocycles.